The quantitative estimate of drug-likeness (QED) is 0.659. The fourth-order valence-corrected chi connectivity index (χ4v) is 2.94. The summed E-state index contributed by atoms with van der Waals surface area (Å²) in [5, 5.41) is 0.448. The van der Waals surface area contributed by atoms with Crippen LogP contribution in [0.5, 0.6) is 0 Å². The molecule has 0 aliphatic heterocycles. The molecule has 0 saturated carbocycles. The molecule has 0 unspecified atom stereocenters. The maximum atomic E-state index is 6.12. The molecule has 94 valence electrons. The highest BCUT2D eigenvalue weighted by molar-refractivity contribution is 9.11. The highest BCUT2D eigenvalue weighted by Gasteiger charge is 2.12. The zero-order chi connectivity index (χ0) is 13.3. The highest BCUT2D eigenvalue weighted by Crippen LogP contribution is 2.31. The van der Waals surface area contributed by atoms with E-state index in [1.54, 1.807) is 0 Å². The van der Waals surface area contributed by atoms with E-state index in [9.17, 15) is 0 Å². The minimum Gasteiger partial charge on any atom is -0.232 e. The van der Waals surface area contributed by atoms with Crippen LogP contribution in [0.25, 0.3) is 11.4 Å². The number of aromatic nitrogens is 2. The summed E-state index contributed by atoms with van der Waals surface area (Å²) in [5.41, 5.74) is 3.05. The van der Waals surface area contributed by atoms with Crippen LogP contribution in [0.4, 0.5) is 0 Å². The third-order valence-corrected chi connectivity index (χ3v) is 4.57. The van der Waals surface area contributed by atoms with Crippen molar-refractivity contribution in [1.29, 1.82) is 0 Å². The molecule has 18 heavy (non-hydrogen) atoms. The van der Waals surface area contributed by atoms with Crippen molar-refractivity contribution in [2.45, 2.75) is 20.3 Å². The average molecular weight is 391 g/mol. The minimum atomic E-state index is 0.448. The smallest absolute Gasteiger partial charge is 0.162 e. The van der Waals surface area contributed by atoms with E-state index in [1.165, 1.54) is 5.56 Å². The Hall–Kier alpha value is -0.450. The normalized spacial score (nSPS) is 10.7. The Labute approximate surface area is 128 Å². The van der Waals surface area contributed by atoms with Crippen LogP contribution in [0.1, 0.15) is 18.2 Å². The van der Waals surface area contributed by atoms with Crippen molar-refractivity contribution in [3.8, 4) is 11.4 Å². The summed E-state index contributed by atoms with van der Waals surface area (Å²) in [6.07, 6.45) is 0.805. The van der Waals surface area contributed by atoms with Gasteiger partial charge in [0, 0.05) is 10.0 Å². The third kappa shape index (κ3) is 2.76. The maximum Gasteiger partial charge on any atom is 0.162 e. The van der Waals surface area contributed by atoms with Gasteiger partial charge in [-0.25, -0.2) is 9.97 Å². The van der Waals surface area contributed by atoms with Crippen molar-refractivity contribution in [2.24, 2.45) is 0 Å². The molecule has 0 aliphatic rings. The lowest BCUT2D eigenvalue weighted by molar-refractivity contribution is 0.990. The van der Waals surface area contributed by atoms with E-state index in [4.69, 9.17) is 11.6 Å². The van der Waals surface area contributed by atoms with Crippen molar-refractivity contribution in [3.05, 3.63) is 43.6 Å². The topological polar surface area (TPSA) is 25.8 Å². The standard InChI is InChI=1S/C13H11Br2ClN2/c1-3-10-11(15)12(16)18-13(17-10)8-5-4-7(2)6-9(8)14/h4-6H,3H2,1-2H3. The van der Waals surface area contributed by atoms with Gasteiger partial charge in [-0.05, 0) is 47.0 Å². The SMILES string of the molecule is CCc1nc(-c2ccc(C)cc2Br)nc(Cl)c1Br. The zero-order valence-electron chi connectivity index (χ0n) is 9.97. The number of aryl methyl sites for hydroxylation is 2. The first-order chi connectivity index (χ1) is 8.52. The van der Waals surface area contributed by atoms with Crippen LogP contribution >= 0.6 is 43.5 Å². The first kappa shape index (κ1) is 14.0. The van der Waals surface area contributed by atoms with E-state index in [1.807, 2.05) is 32.0 Å². The third-order valence-electron chi connectivity index (χ3n) is 2.58. The molecule has 0 amide bonds. The number of halogens is 3. The summed E-state index contributed by atoms with van der Waals surface area (Å²) in [6, 6.07) is 6.07. The van der Waals surface area contributed by atoms with Crippen LogP contribution < -0.4 is 0 Å². The molecule has 0 saturated heterocycles. The lowest BCUT2D eigenvalue weighted by Gasteiger charge is -2.08. The molecule has 1 heterocycles. The van der Waals surface area contributed by atoms with E-state index < -0.39 is 0 Å². The van der Waals surface area contributed by atoms with E-state index in [-0.39, 0.29) is 0 Å². The van der Waals surface area contributed by atoms with Gasteiger partial charge in [0.2, 0.25) is 0 Å². The maximum absolute atomic E-state index is 6.12. The van der Waals surface area contributed by atoms with Gasteiger partial charge in [-0.2, -0.15) is 0 Å². The van der Waals surface area contributed by atoms with Gasteiger partial charge in [0.25, 0.3) is 0 Å². The van der Waals surface area contributed by atoms with Crippen molar-refractivity contribution in [3.63, 3.8) is 0 Å². The van der Waals surface area contributed by atoms with Crippen molar-refractivity contribution >= 4 is 43.5 Å². The van der Waals surface area contributed by atoms with E-state index in [2.05, 4.69) is 41.8 Å². The van der Waals surface area contributed by atoms with Crippen LogP contribution in [0.3, 0.4) is 0 Å². The summed E-state index contributed by atoms with van der Waals surface area (Å²) in [7, 11) is 0. The molecule has 0 fully saturated rings. The molecule has 0 atom stereocenters. The van der Waals surface area contributed by atoms with Crippen LogP contribution in [0, 0.1) is 6.92 Å². The molecule has 0 spiro atoms. The number of rotatable bonds is 2. The number of hydrogen-bond donors (Lipinski definition) is 0. The number of nitrogens with zero attached hydrogens (tertiary/aromatic N) is 2. The van der Waals surface area contributed by atoms with E-state index in [0.29, 0.717) is 11.0 Å². The second-order valence-electron chi connectivity index (χ2n) is 3.94. The summed E-state index contributed by atoms with van der Waals surface area (Å²) in [6.45, 7) is 4.08. The largest absolute Gasteiger partial charge is 0.232 e. The molecule has 0 radical (unpaired) electrons. The molecular formula is C13H11Br2ClN2. The lowest BCUT2D eigenvalue weighted by atomic mass is 10.1. The molecule has 2 aromatic rings. The fourth-order valence-electron chi connectivity index (χ4n) is 1.62. The summed E-state index contributed by atoms with van der Waals surface area (Å²) in [4.78, 5) is 8.86. The molecule has 1 aromatic heterocycles. The van der Waals surface area contributed by atoms with Gasteiger partial charge < -0.3 is 0 Å². The molecule has 0 bridgehead atoms. The predicted molar refractivity (Wildman–Crippen MR) is 82.0 cm³/mol. The number of benzene rings is 1. The first-order valence-corrected chi connectivity index (χ1v) is 7.47. The van der Waals surface area contributed by atoms with Gasteiger partial charge in [-0.3, -0.25) is 0 Å². The highest BCUT2D eigenvalue weighted by atomic mass is 79.9. The van der Waals surface area contributed by atoms with Gasteiger partial charge in [0.1, 0.15) is 5.15 Å². The summed E-state index contributed by atoms with van der Waals surface area (Å²) in [5.74, 6) is 0.645. The van der Waals surface area contributed by atoms with Gasteiger partial charge >= 0.3 is 0 Å². The summed E-state index contributed by atoms with van der Waals surface area (Å²) < 4.78 is 1.75. The minimum absolute atomic E-state index is 0.448. The average Bonchev–Trinajstić information content (AvgIpc) is 2.32. The van der Waals surface area contributed by atoms with Gasteiger partial charge in [-0.15, -0.1) is 0 Å². The number of hydrogen-bond acceptors (Lipinski definition) is 2. The van der Waals surface area contributed by atoms with Crippen LogP contribution in [-0.4, -0.2) is 9.97 Å². The van der Waals surface area contributed by atoms with E-state index in [0.717, 1.165) is 26.6 Å². The predicted octanol–water partition coefficient (Wildman–Crippen LogP) is 5.19. The van der Waals surface area contributed by atoms with Gasteiger partial charge in [0.05, 0.1) is 10.2 Å². The van der Waals surface area contributed by atoms with Crippen LogP contribution in [0.15, 0.2) is 27.1 Å². The molecular weight excluding hydrogens is 379 g/mol. The van der Waals surface area contributed by atoms with Crippen molar-refractivity contribution in [1.82, 2.24) is 9.97 Å². The Kier molecular flexibility index (Phi) is 4.41. The Morgan fingerprint density at radius 1 is 1.22 bits per heavy atom. The Bertz CT molecular complexity index is 600. The zero-order valence-corrected chi connectivity index (χ0v) is 13.9. The Morgan fingerprint density at radius 2 is 1.94 bits per heavy atom. The Balaban J connectivity index is 2.60. The fraction of sp³-hybridized carbons (Fsp3) is 0.231. The first-order valence-electron chi connectivity index (χ1n) is 5.51. The molecule has 5 heteroatoms. The lowest BCUT2D eigenvalue weighted by Crippen LogP contribution is -1.98. The summed E-state index contributed by atoms with van der Waals surface area (Å²) >= 11 is 13.1. The second-order valence-corrected chi connectivity index (χ2v) is 5.94. The Morgan fingerprint density at radius 3 is 2.56 bits per heavy atom. The molecule has 0 aliphatic carbocycles. The van der Waals surface area contributed by atoms with Crippen LogP contribution in [-0.2, 0) is 6.42 Å². The van der Waals surface area contributed by atoms with Gasteiger partial charge in [0.15, 0.2) is 5.82 Å². The molecule has 1 aromatic carbocycles. The van der Waals surface area contributed by atoms with Crippen molar-refractivity contribution in [2.75, 3.05) is 0 Å². The monoisotopic (exact) mass is 388 g/mol. The molecule has 2 nitrogen and oxygen atoms in total. The van der Waals surface area contributed by atoms with E-state index >= 15 is 0 Å². The van der Waals surface area contributed by atoms with Crippen LogP contribution in [0.2, 0.25) is 5.15 Å². The molecule has 2 rings (SSSR count). The molecule has 0 N–H and O–H groups in total. The van der Waals surface area contributed by atoms with Crippen molar-refractivity contribution < 1.29 is 0 Å². The second kappa shape index (κ2) is 5.68. The van der Waals surface area contributed by atoms with Gasteiger partial charge in [-0.1, -0.05) is 40.5 Å².